The summed E-state index contributed by atoms with van der Waals surface area (Å²) in [5.74, 6) is -3.04. The molecule has 1 amide bonds. The minimum atomic E-state index is -4.57. The number of ether oxygens (including phenoxy) is 2. The summed E-state index contributed by atoms with van der Waals surface area (Å²) >= 11 is 0. The Bertz CT molecular complexity index is 1780. The first-order chi connectivity index (χ1) is 20.1. The molecule has 3 aromatic heterocycles. The monoisotopic (exact) mass is 630 g/mol. The van der Waals surface area contributed by atoms with Crippen molar-refractivity contribution >= 4 is 26.6 Å². The number of sulfone groups is 1. The van der Waals surface area contributed by atoms with Gasteiger partial charge in [-0.15, -0.1) is 0 Å². The molecule has 0 unspecified atom stereocenters. The van der Waals surface area contributed by atoms with E-state index in [1.807, 2.05) is 0 Å². The van der Waals surface area contributed by atoms with E-state index < -0.39 is 63.3 Å². The highest BCUT2D eigenvalue weighted by Crippen LogP contribution is 2.35. The van der Waals surface area contributed by atoms with Gasteiger partial charge in [-0.1, -0.05) is 0 Å². The normalized spacial score (nSPS) is 15.6. The molecule has 0 spiro atoms. The van der Waals surface area contributed by atoms with Crippen molar-refractivity contribution in [1.82, 2.24) is 20.3 Å². The van der Waals surface area contributed by atoms with E-state index in [4.69, 9.17) is 4.74 Å². The smallest absolute Gasteiger partial charge is 0.388 e. The number of amides is 1. The molecule has 1 aliphatic rings. The number of nitrogens with zero attached hydrogens (tertiary/aromatic N) is 3. The van der Waals surface area contributed by atoms with Gasteiger partial charge in [0.25, 0.3) is 5.91 Å². The molecule has 0 fully saturated rings. The van der Waals surface area contributed by atoms with Crippen LogP contribution in [0, 0.1) is 5.82 Å². The molecule has 0 radical (unpaired) electrons. The maximum atomic E-state index is 14.6. The number of hydrogen-bond donors (Lipinski definition) is 1. The fraction of sp³-hybridized carbons (Fsp3) is 0.259. The molecule has 230 valence electrons. The van der Waals surface area contributed by atoms with Crippen LogP contribution in [0.25, 0.3) is 22.2 Å². The average Bonchev–Trinajstić information content (AvgIpc) is 3.06. The van der Waals surface area contributed by atoms with Crippen molar-refractivity contribution in [3.8, 4) is 22.9 Å². The predicted octanol–water partition coefficient (Wildman–Crippen LogP) is 5.12. The number of aryl methyl sites for hydroxylation is 1. The van der Waals surface area contributed by atoms with E-state index in [0.29, 0.717) is 16.6 Å². The molecule has 0 aliphatic carbocycles. The van der Waals surface area contributed by atoms with Gasteiger partial charge in [0.1, 0.15) is 4.90 Å². The van der Waals surface area contributed by atoms with Crippen molar-refractivity contribution in [3.05, 3.63) is 71.4 Å². The van der Waals surface area contributed by atoms with Gasteiger partial charge in [0, 0.05) is 37.1 Å². The molecule has 0 bridgehead atoms. The molecule has 1 aromatic carbocycles. The maximum absolute atomic E-state index is 14.6. The van der Waals surface area contributed by atoms with Gasteiger partial charge in [-0.2, -0.15) is 8.78 Å². The summed E-state index contributed by atoms with van der Waals surface area (Å²) in [6, 6.07) is 9.26. The van der Waals surface area contributed by atoms with Crippen molar-refractivity contribution in [2.75, 3.05) is 13.3 Å². The SMILES string of the molecule is F.O=C(NCc1cc2nc(-c3ccc(CCF)nc3OC(F)F)ccc2cn1)c1cc(F)c2c(c1)S(=O)(=O)[C@@H](F)CCO2.[HH]. The molecule has 43 heavy (non-hydrogen) atoms. The summed E-state index contributed by atoms with van der Waals surface area (Å²) in [6.07, 6.45) is 0.896. The van der Waals surface area contributed by atoms with Gasteiger partial charge in [-0.25, -0.2) is 27.2 Å². The minimum absolute atomic E-state index is 0. The van der Waals surface area contributed by atoms with Crippen LogP contribution in [0.3, 0.4) is 0 Å². The molecular weight excluding hydrogens is 606 g/mol. The van der Waals surface area contributed by atoms with Crippen LogP contribution in [0.5, 0.6) is 11.6 Å². The molecule has 4 heterocycles. The van der Waals surface area contributed by atoms with Crippen LogP contribution in [0.4, 0.5) is 26.7 Å². The summed E-state index contributed by atoms with van der Waals surface area (Å²) in [6.45, 7) is -4.43. The van der Waals surface area contributed by atoms with E-state index >= 15 is 0 Å². The fourth-order valence-electron chi connectivity index (χ4n) is 4.26. The van der Waals surface area contributed by atoms with E-state index in [1.54, 1.807) is 12.1 Å². The van der Waals surface area contributed by atoms with E-state index in [0.717, 1.165) is 12.1 Å². The quantitative estimate of drug-likeness (QED) is 0.267. The van der Waals surface area contributed by atoms with Crippen LogP contribution in [0.15, 0.2) is 53.6 Å². The van der Waals surface area contributed by atoms with Crippen LogP contribution in [-0.2, 0) is 22.8 Å². The second-order valence-electron chi connectivity index (χ2n) is 9.10. The van der Waals surface area contributed by atoms with Gasteiger partial charge in [-0.3, -0.25) is 18.9 Å². The zero-order chi connectivity index (χ0) is 30.0. The van der Waals surface area contributed by atoms with Gasteiger partial charge in [0.2, 0.25) is 21.2 Å². The number of aromatic nitrogens is 3. The zero-order valence-corrected chi connectivity index (χ0v) is 22.7. The number of halogens is 6. The van der Waals surface area contributed by atoms with E-state index in [-0.39, 0.29) is 48.2 Å². The second-order valence-corrected chi connectivity index (χ2v) is 11.1. The highest BCUT2D eigenvalue weighted by Gasteiger charge is 2.35. The van der Waals surface area contributed by atoms with Crippen LogP contribution in [-0.4, -0.2) is 54.7 Å². The topological polar surface area (TPSA) is 120 Å². The lowest BCUT2D eigenvalue weighted by atomic mass is 10.1. The minimum Gasteiger partial charge on any atom is -0.489 e. The van der Waals surface area contributed by atoms with Gasteiger partial charge in [0.15, 0.2) is 11.6 Å². The highest BCUT2D eigenvalue weighted by atomic mass is 32.2. The first-order valence-corrected chi connectivity index (χ1v) is 14.0. The Labute approximate surface area is 241 Å². The number of carbonyl (C=O) groups is 1. The molecule has 1 aliphatic heterocycles. The molecule has 1 N–H and O–H groups in total. The van der Waals surface area contributed by atoms with Crippen LogP contribution < -0.4 is 14.8 Å². The van der Waals surface area contributed by atoms with Gasteiger partial charge in [0.05, 0.1) is 42.3 Å². The van der Waals surface area contributed by atoms with Crippen LogP contribution in [0.2, 0.25) is 0 Å². The number of nitrogens with one attached hydrogen (secondary N) is 1. The lowest BCUT2D eigenvalue weighted by Crippen LogP contribution is -2.24. The Morgan fingerprint density at radius 3 is 2.67 bits per heavy atom. The van der Waals surface area contributed by atoms with E-state index in [2.05, 4.69) is 25.0 Å². The standard InChI is InChI=1S/C27H21F5N4O5S.FH.H2/c28-7-5-16-2-3-18(26(35-16)41-27(31)32)20-4-1-14-12-33-17(11-21(14)36-20)13-34-25(37)15-9-19(29)24-22(10-15)42(38,39)23(30)6-8-40-24;;/h1-4,9-12,23,27H,5-8,13H2,(H,34,37);2*1H/t23-;;/m1../s1. The highest BCUT2D eigenvalue weighted by molar-refractivity contribution is 7.92. The lowest BCUT2D eigenvalue weighted by Gasteiger charge is -2.12. The zero-order valence-electron chi connectivity index (χ0n) is 21.9. The number of carbonyl (C=O) groups excluding carboxylic acids is 1. The predicted molar refractivity (Wildman–Crippen MR) is 143 cm³/mol. The third kappa shape index (κ3) is 6.63. The Balaban J connectivity index is 0.00000264. The second kappa shape index (κ2) is 12.8. The van der Waals surface area contributed by atoms with Crippen molar-refractivity contribution in [1.29, 1.82) is 0 Å². The first kappa shape index (κ1) is 31.5. The average molecular weight is 631 g/mol. The molecule has 0 saturated carbocycles. The Morgan fingerprint density at radius 2 is 1.93 bits per heavy atom. The fourth-order valence-corrected chi connectivity index (χ4v) is 5.65. The Kier molecular flexibility index (Phi) is 9.37. The molecule has 5 rings (SSSR count). The van der Waals surface area contributed by atoms with Crippen LogP contribution >= 0.6 is 0 Å². The van der Waals surface area contributed by atoms with E-state index in [1.165, 1.54) is 24.4 Å². The number of hydrogen-bond acceptors (Lipinski definition) is 8. The Hall–Kier alpha value is -4.47. The van der Waals surface area contributed by atoms with Crippen molar-refractivity contribution in [3.63, 3.8) is 0 Å². The molecule has 1 atom stereocenters. The summed E-state index contributed by atoms with van der Waals surface area (Å²) in [5.41, 5.74) is -1.41. The Morgan fingerprint density at radius 1 is 1.14 bits per heavy atom. The number of benzene rings is 1. The third-order valence-corrected chi connectivity index (χ3v) is 8.14. The van der Waals surface area contributed by atoms with Crippen molar-refractivity contribution < 1.29 is 50.8 Å². The molecule has 4 aromatic rings. The number of fused-ring (bicyclic) bond motifs is 2. The van der Waals surface area contributed by atoms with Gasteiger partial charge < -0.3 is 14.8 Å². The van der Waals surface area contributed by atoms with E-state index in [9.17, 15) is 35.2 Å². The van der Waals surface area contributed by atoms with Crippen molar-refractivity contribution in [2.45, 2.75) is 36.4 Å². The summed E-state index contributed by atoms with van der Waals surface area (Å²) in [7, 11) is -4.57. The summed E-state index contributed by atoms with van der Waals surface area (Å²) in [4.78, 5) is 24.7. The third-order valence-electron chi connectivity index (χ3n) is 6.31. The molecule has 16 heteroatoms. The van der Waals surface area contributed by atoms with Gasteiger partial charge >= 0.3 is 6.61 Å². The first-order valence-electron chi connectivity index (χ1n) is 12.5. The number of alkyl halides is 4. The number of pyridine rings is 3. The largest absolute Gasteiger partial charge is 0.489 e. The van der Waals surface area contributed by atoms with Crippen molar-refractivity contribution in [2.24, 2.45) is 0 Å². The molecule has 0 saturated heterocycles. The van der Waals surface area contributed by atoms with Gasteiger partial charge in [-0.05, 0) is 42.5 Å². The lowest BCUT2D eigenvalue weighted by molar-refractivity contribution is -0.0525. The summed E-state index contributed by atoms with van der Waals surface area (Å²) in [5, 5.41) is 3.07. The number of rotatable bonds is 8. The molecule has 9 nitrogen and oxygen atoms in total. The maximum Gasteiger partial charge on any atom is 0.388 e. The molecular formula is C27H24F6N4O5S. The summed E-state index contributed by atoms with van der Waals surface area (Å²) < 4.78 is 102. The van der Waals surface area contributed by atoms with Crippen LogP contribution in [0.1, 0.15) is 29.6 Å².